The lowest BCUT2D eigenvalue weighted by Crippen LogP contribution is -2.49. The van der Waals surface area contributed by atoms with Gasteiger partial charge in [-0.2, -0.15) is 0 Å². The summed E-state index contributed by atoms with van der Waals surface area (Å²) >= 11 is 1.79. The summed E-state index contributed by atoms with van der Waals surface area (Å²) in [6.45, 7) is 1.77. The van der Waals surface area contributed by atoms with Crippen LogP contribution in [0.1, 0.15) is 58.3 Å². The van der Waals surface area contributed by atoms with Crippen LogP contribution >= 0.6 is 11.8 Å². The lowest BCUT2D eigenvalue weighted by atomic mass is 10.0. The highest BCUT2D eigenvalue weighted by molar-refractivity contribution is 7.99. The molecule has 0 rings (SSSR count). The van der Waals surface area contributed by atoms with E-state index in [4.69, 9.17) is 5.11 Å². The molecule has 0 aliphatic carbocycles. The van der Waals surface area contributed by atoms with E-state index < -0.39 is 31.0 Å². The van der Waals surface area contributed by atoms with E-state index in [0.29, 0.717) is 0 Å². The van der Waals surface area contributed by atoms with Crippen LogP contribution in [0.4, 0.5) is 0 Å². The van der Waals surface area contributed by atoms with Crippen molar-refractivity contribution in [2.45, 2.75) is 82.7 Å². The number of rotatable bonds is 17. The minimum atomic E-state index is -1.56. The van der Waals surface area contributed by atoms with Gasteiger partial charge in [-0.25, -0.2) is 0 Å². The highest BCUT2D eigenvalue weighted by Gasteiger charge is 2.30. The van der Waals surface area contributed by atoms with Crippen LogP contribution < -0.4 is 0 Å². The van der Waals surface area contributed by atoms with Crippen molar-refractivity contribution < 1.29 is 25.5 Å². The molecule has 5 N–H and O–H groups in total. The van der Waals surface area contributed by atoms with Crippen LogP contribution in [0.2, 0.25) is 0 Å². The number of hydrogen-bond acceptors (Lipinski definition) is 7. The van der Waals surface area contributed by atoms with Gasteiger partial charge in [0, 0.05) is 12.4 Å². The minimum Gasteiger partial charge on any atom is -0.394 e. The predicted molar refractivity (Wildman–Crippen MR) is 104 cm³/mol. The molecule has 6 nitrogen and oxygen atoms in total. The molecule has 0 aliphatic heterocycles. The molecule has 0 saturated heterocycles. The molecule has 0 bridgehead atoms. The van der Waals surface area contributed by atoms with Crippen molar-refractivity contribution in [2.24, 2.45) is 0 Å². The third-order valence-electron chi connectivity index (χ3n) is 4.28. The van der Waals surface area contributed by atoms with Crippen LogP contribution in [0.3, 0.4) is 0 Å². The second kappa shape index (κ2) is 16.3. The first-order valence-corrected chi connectivity index (χ1v) is 10.7. The summed E-state index contributed by atoms with van der Waals surface area (Å²) in [6, 6.07) is 0. The lowest BCUT2D eigenvalue weighted by Gasteiger charge is -2.28. The Balaban J connectivity index is 3.64. The van der Waals surface area contributed by atoms with Crippen molar-refractivity contribution in [3.05, 3.63) is 0 Å². The third-order valence-corrected chi connectivity index (χ3v) is 5.48. The molecule has 7 heteroatoms. The first-order valence-electron chi connectivity index (χ1n) is 9.53. The van der Waals surface area contributed by atoms with Crippen LogP contribution in [-0.2, 0) is 0 Å². The van der Waals surface area contributed by atoms with E-state index in [2.05, 4.69) is 6.92 Å². The van der Waals surface area contributed by atoms with Gasteiger partial charge < -0.3 is 25.5 Å². The van der Waals surface area contributed by atoms with Gasteiger partial charge in [-0.3, -0.25) is 4.90 Å². The highest BCUT2D eigenvalue weighted by Crippen LogP contribution is 2.13. The smallest absolute Gasteiger partial charge is 0.111 e. The van der Waals surface area contributed by atoms with Crippen molar-refractivity contribution in [2.75, 3.05) is 31.8 Å². The van der Waals surface area contributed by atoms with Gasteiger partial charge in [0.15, 0.2) is 0 Å². The Morgan fingerprint density at radius 3 is 1.88 bits per heavy atom. The summed E-state index contributed by atoms with van der Waals surface area (Å²) in [7, 11) is 1.84. The molecule has 25 heavy (non-hydrogen) atoms. The molecule has 0 spiro atoms. The van der Waals surface area contributed by atoms with Crippen molar-refractivity contribution in [1.29, 1.82) is 0 Å². The topological polar surface area (TPSA) is 104 Å². The van der Waals surface area contributed by atoms with E-state index in [1.54, 1.807) is 11.8 Å². The first kappa shape index (κ1) is 25.1. The van der Waals surface area contributed by atoms with Gasteiger partial charge in [0.25, 0.3) is 0 Å². The Bertz CT molecular complexity index is 299. The molecule has 152 valence electrons. The molecule has 0 aromatic carbocycles. The van der Waals surface area contributed by atoms with E-state index in [1.807, 2.05) is 11.9 Å². The number of aliphatic hydroxyl groups is 5. The van der Waals surface area contributed by atoms with Crippen LogP contribution in [0, 0.1) is 0 Å². The average Bonchev–Trinajstić information content (AvgIpc) is 2.61. The standard InChI is InChI=1S/C18H39NO5S/c1-3-4-5-6-7-8-9-10-11-25-14-19(2)12-15(21)17(23)18(24)16(22)13-20/h15-18,20-24H,3-14H2,1-2H3/t15-,16+,17-,18+/m0/s1. The lowest BCUT2D eigenvalue weighted by molar-refractivity contribution is -0.118. The summed E-state index contributed by atoms with van der Waals surface area (Å²) < 4.78 is 0. The Hall–Kier alpha value is 0.110. The number of hydrogen-bond donors (Lipinski definition) is 5. The summed E-state index contributed by atoms with van der Waals surface area (Å²) in [4.78, 5) is 1.88. The summed E-state index contributed by atoms with van der Waals surface area (Å²) in [6.07, 6.45) is 4.75. The molecular weight excluding hydrogens is 342 g/mol. The highest BCUT2D eigenvalue weighted by atomic mass is 32.2. The van der Waals surface area contributed by atoms with Gasteiger partial charge in [-0.15, -0.1) is 11.8 Å². The van der Waals surface area contributed by atoms with E-state index in [1.165, 1.54) is 51.4 Å². The number of thioether (sulfide) groups is 1. The van der Waals surface area contributed by atoms with Crippen molar-refractivity contribution in [3.8, 4) is 0 Å². The molecule has 0 aliphatic rings. The summed E-state index contributed by atoms with van der Waals surface area (Å²) in [5, 5.41) is 47.3. The second-order valence-corrected chi connectivity index (χ2v) is 7.92. The first-order chi connectivity index (χ1) is 11.9. The van der Waals surface area contributed by atoms with Crippen molar-refractivity contribution in [1.82, 2.24) is 4.90 Å². The van der Waals surface area contributed by atoms with Crippen LogP contribution in [-0.4, -0.2) is 86.7 Å². The predicted octanol–water partition coefficient (Wildman–Crippen LogP) is 1.19. The van der Waals surface area contributed by atoms with E-state index >= 15 is 0 Å². The normalized spacial score (nSPS) is 16.8. The SMILES string of the molecule is CCCCCCCCCCSCN(C)C[C@H](O)[C@H](O)[C@H](O)[C@H](O)CO. The molecule has 0 amide bonds. The van der Waals surface area contributed by atoms with Crippen molar-refractivity contribution in [3.63, 3.8) is 0 Å². The zero-order chi connectivity index (χ0) is 19.1. The van der Waals surface area contributed by atoms with Gasteiger partial charge in [0.2, 0.25) is 0 Å². The second-order valence-electron chi connectivity index (χ2n) is 6.85. The Labute approximate surface area is 157 Å². The number of nitrogens with zero attached hydrogens (tertiary/aromatic N) is 1. The molecule has 0 heterocycles. The van der Waals surface area contributed by atoms with Gasteiger partial charge in [0.1, 0.15) is 18.3 Å². The van der Waals surface area contributed by atoms with Gasteiger partial charge in [-0.05, 0) is 19.2 Å². The largest absolute Gasteiger partial charge is 0.394 e. The van der Waals surface area contributed by atoms with Gasteiger partial charge >= 0.3 is 0 Å². The number of aliphatic hydroxyl groups excluding tert-OH is 5. The fourth-order valence-electron chi connectivity index (χ4n) is 2.60. The quantitative estimate of drug-likeness (QED) is 0.190. The monoisotopic (exact) mass is 381 g/mol. The van der Waals surface area contributed by atoms with E-state index in [9.17, 15) is 20.4 Å². The maximum absolute atomic E-state index is 9.91. The zero-order valence-electron chi connectivity index (χ0n) is 15.9. The van der Waals surface area contributed by atoms with E-state index in [-0.39, 0.29) is 6.54 Å². The Kier molecular flexibility index (Phi) is 16.4. The molecule has 0 radical (unpaired) electrons. The number of unbranched alkanes of at least 4 members (excludes halogenated alkanes) is 7. The fraction of sp³-hybridized carbons (Fsp3) is 1.00. The molecule has 0 aromatic heterocycles. The zero-order valence-corrected chi connectivity index (χ0v) is 16.7. The maximum Gasteiger partial charge on any atom is 0.111 e. The molecule has 0 aromatic rings. The molecule has 4 atom stereocenters. The molecule has 0 fully saturated rings. The minimum absolute atomic E-state index is 0.195. The van der Waals surface area contributed by atoms with Gasteiger partial charge in [-0.1, -0.05) is 51.9 Å². The maximum atomic E-state index is 9.91. The fourth-order valence-corrected chi connectivity index (χ4v) is 3.56. The summed E-state index contributed by atoms with van der Waals surface area (Å²) in [5.41, 5.74) is 0. The summed E-state index contributed by atoms with van der Waals surface area (Å²) in [5.74, 6) is 1.81. The van der Waals surface area contributed by atoms with Crippen LogP contribution in [0.5, 0.6) is 0 Å². The number of likely N-dealkylation sites (N-methyl/N-ethyl adjacent to an activating group) is 1. The Morgan fingerprint density at radius 1 is 0.800 bits per heavy atom. The van der Waals surface area contributed by atoms with Crippen LogP contribution in [0.15, 0.2) is 0 Å². The van der Waals surface area contributed by atoms with Gasteiger partial charge in [0.05, 0.1) is 12.7 Å². The average molecular weight is 382 g/mol. The molecule has 0 saturated carbocycles. The van der Waals surface area contributed by atoms with Crippen molar-refractivity contribution >= 4 is 11.8 Å². The third kappa shape index (κ3) is 13.0. The van der Waals surface area contributed by atoms with E-state index in [0.717, 1.165) is 11.6 Å². The van der Waals surface area contributed by atoms with Crippen LogP contribution in [0.25, 0.3) is 0 Å². The molecular formula is C18H39NO5S. The molecule has 0 unspecified atom stereocenters. The Morgan fingerprint density at radius 2 is 1.32 bits per heavy atom.